The summed E-state index contributed by atoms with van der Waals surface area (Å²) in [5.41, 5.74) is 10.7. The quantitative estimate of drug-likeness (QED) is 0.554. The second-order valence-electron chi connectivity index (χ2n) is 7.36. The number of nitrogens with zero attached hydrogens (tertiary/aromatic N) is 4. The number of amides is 1. The molecule has 0 aliphatic rings. The molecule has 2 aromatic carbocycles. The van der Waals surface area contributed by atoms with Crippen LogP contribution < -0.4 is 16.4 Å². The van der Waals surface area contributed by atoms with Crippen LogP contribution in [0.25, 0.3) is 0 Å². The number of aryl methyl sites for hydroxylation is 3. The molecule has 0 bridgehead atoms. The third-order valence-corrected chi connectivity index (χ3v) is 4.66. The molecular formula is C22H27N7O. The lowest BCUT2D eigenvalue weighted by Gasteiger charge is -2.17. The monoisotopic (exact) mass is 405 g/mol. The Bertz CT molecular complexity index is 1030. The molecule has 8 nitrogen and oxygen atoms in total. The molecule has 0 fully saturated rings. The average molecular weight is 406 g/mol. The Morgan fingerprint density at radius 3 is 2.33 bits per heavy atom. The molecule has 1 amide bonds. The Labute approximate surface area is 176 Å². The van der Waals surface area contributed by atoms with Gasteiger partial charge < -0.3 is 16.4 Å². The van der Waals surface area contributed by atoms with Gasteiger partial charge >= 0.3 is 0 Å². The first-order valence-corrected chi connectivity index (χ1v) is 9.69. The van der Waals surface area contributed by atoms with Gasteiger partial charge in [-0.05, 0) is 50.6 Å². The minimum Gasteiger partial charge on any atom is -0.368 e. The number of hydrogen-bond donors (Lipinski definition) is 3. The van der Waals surface area contributed by atoms with E-state index in [9.17, 15) is 4.79 Å². The number of benzene rings is 2. The smallest absolute Gasteiger partial charge is 0.238 e. The lowest BCUT2D eigenvalue weighted by Crippen LogP contribution is -2.31. The number of nitrogens with two attached hydrogens (primary N) is 1. The second-order valence-corrected chi connectivity index (χ2v) is 7.36. The Morgan fingerprint density at radius 1 is 0.967 bits per heavy atom. The van der Waals surface area contributed by atoms with Crippen LogP contribution in [-0.2, 0) is 11.3 Å². The number of nitrogen functional groups attached to an aromatic ring is 1. The fourth-order valence-electron chi connectivity index (χ4n) is 3.13. The summed E-state index contributed by atoms with van der Waals surface area (Å²) < 4.78 is 0. The molecule has 1 heterocycles. The van der Waals surface area contributed by atoms with Crippen LogP contribution >= 0.6 is 0 Å². The van der Waals surface area contributed by atoms with Gasteiger partial charge in [-0.15, -0.1) is 0 Å². The summed E-state index contributed by atoms with van der Waals surface area (Å²) in [6.45, 7) is 6.50. The summed E-state index contributed by atoms with van der Waals surface area (Å²) in [6.07, 6.45) is 0. The van der Waals surface area contributed by atoms with E-state index in [0.29, 0.717) is 18.3 Å². The van der Waals surface area contributed by atoms with Gasteiger partial charge in [0.2, 0.25) is 17.8 Å². The molecule has 1 aromatic heterocycles. The summed E-state index contributed by atoms with van der Waals surface area (Å²) in [7, 11) is 1.83. The summed E-state index contributed by atoms with van der Waals surface area (Å²) in [4.78, 5) is 27.1. The van der Waals surface area contributed by atoms with Crippen LogP contribution in [0.1, 0.15) is 22.5 Å². The highest BCUT2D eigenvalue weighted by atomic mass is 16.2. The molecule has 0 spiro atoms. The average Bonchev–Trinajstić information content (AvgIpc) is 2.66. The third kappa shape index (κ3) is 5.51. The number of hydrogen-bond acceptors (Lipinski definition) is 7. The molecular weight excluding hydrogens is 378 g/mol. The number of aromatic nitrogens is 3. The Morgan fingerprint density at radius 2 is 1.63 bits per heavy atom. The van der Waals surface area contributed by atoms with Crippen molar-refractivity contribution in [2.75, 3.05) is 30.0 Å². The fraction of sp³-hybridized carbons (Fsp3) is 0.273. The van der Waals surface area contributed by atoms with Gasteiger partial charge in [0.1, 0.15) is 5.82 Å². The van der Waals surface area contributed by atoms with E-state index in [1.807, 2.05) is 75.2 Å². The molecule has 0 saturated carbocycles. The molecule has 0 atom stereocenters. The van der Waals surface area contributed by atoms with Gasteiger partial charge in [-0.25, -0.2) is 0 Å². The Balaban J connectivity index is 1.65. The highest BCUT2D eigenvalue weighted by molar-refractivity contribution is 5.93. The molecule has 0 radical (unpaired) electrons. The van der Waals surface area contributed by atoms with Crippen LogP contribution in [0.2, 0.25) is 0 Å². The minimum atomic E-state index is -0.102. The van der Waals surface area contributed by atoms with Crippen molar-refractivity contribution in [1.29, 1.82) is 0 Å². The van der Waals surface area contributed by atoms with E-state index in [2.05, 4.69) is 25.6 Å². The van der Waals surface area contributed by atoms with Crippen molar-refractivity contribution in [2.45, 2.75) is 27.3 Å². The summed E-state index contributed by atoms with van der Waals surface area (Å²) in [5.74, 6) is 0.890. The van der Waals surface area contributed by atoms with Gasteiger partial charge in [0.25, 0.3) is 0 Å². The van der Waals surface area contributed by atoms with E-state index in [-0.39, 0.29) is 18.4 Å². The van der Waals surface area contributed by atoms with Gasteiger partial charge in [0.15, 0.2) is 0 Å². The summed E-state index contributed by atoms with van der Waals surface area (Å²) >= 11 is 0. The van der Waals surface area contributed by atoms with Crippen LogP contribution in [0.5, 0.6) is 0 Å². The van der Waals surface area contributed by atoms with Gasteiger partial charge in [-0.1, -0.05) is 36.4 Å². The van der Waals surface area contributed by atoms with E-state index < -0.39 is 0 Å². The van der Waals surface area contributed by atoms with Crippen molar-refractivity contribution in [2.24, 2.45) is 0 Å². The molecule has 0 unspecified atom stereocenters. The van der Waals surface area contributed by atoms with Gasteiger partial charge in [-0.3, -0.25) is 9.69 Å². The zero-order valence-electron chi connectivity index (χ0n) is 17.7. The van der Waals surface area contributed by atoms with Crippen LogP contribution in [-0.4, -0.2) is 39.4 Å². The molecule has 4 N–H and O–H groups in total. The van der Waals surface area contributed by atoms with E-state index in [0.717, 1.165) is 28.1 Å². The van der Waals surface area contributed by atoms with Crippen molar-refractivity contribution in [1.82, 2.24) is 19.9 Å². The third-order valence-electron chi connectivity index (χ3n) is 4.66. The van der Waals surface area contributed by atoms with Crippen LogP contribution in [0.15, 0.2) is 42.5 Å². The highest BCUT2D eigenvalue weighted by Crippen LogP contribution is 2.20. The molecule has 0 aliphatic carbocycles. The number of anilines is 4. The Kier molecular flexibility index (Phi) is 6.58. The lowest BCUT2D eigenvalue weighted by molar-refractivity contribution is -0.117. The van der Waals surface area contributed by atoms with E-state index in [1.165, 1.54) is 0 Å². The predicted molar refractivity (Wildman–Crippen MR) is 120 cm³/mol. The first-order chi connectivity index (χ1) is 14.3. The minimum absolute atomic E-state index is 0.102. The molecule has 3 aromatic rings. The highest BCUT2D eigenvalue weighted by Gasteiger charge is 2.13. The molecule has 3 rings (SSSR count). The zero-order chi connectivity index (χ0) is 21.7. The van der Waals surface area contributed by atoms with Crippen molar-refractivity contribution < 1.29 is 4.79 Å². The van der Waals surface area contributed by atoms with Crippen molar-refractivity contribution >= 4 is 29.2 Å². The van der Waals surface area contributed by atoms with Gasteiger partial charge in [0.05, 0.1) is 13.1 Å². The maximum atomic E-state index is 12.5. The molecule has 0 saturated heterocycles. The maximum Gasteiger partial charge on any atom is 0.238 e. The fourth-order valence-corrected chi connectivity index (χ4v) is 3.13. The number of nitrogens with one attached hydrogen (secondary N) is 2. The van der Waals surface area contributed by atoms with E-state index >= 15 is 0 Å². The van der Waals surface area contributed by atoms with Gasteiger partial charge in [-0.2, -0.15) is 15.0 Å². The van der Waals surface area contributed by atoms with Gasteiger partial charge in [0, 0.05) is 11.4 Å². The van der Waals surface area contributed by atoms with Crippen LogP contribution in [0, 0.1) is 20.8 Å². The van der Waals surface area contributed by atoms with Crippen molar-refractivity contribution in [3.8, 4) is 0 Å². The molecule has 8 heteroatoms. The molecule has 30 heavy (non-hydrogen) atoms. The van der Waals surface area contributed by atoms with Crippen molar-refractivity contribution in [3.63, 3.8) is 0 Å². The second kappa shape index (κ2) is 9.32. The van der Waals surface area contributed by atoms with E-state index in [4.69, 9.17) is 5.73 Å². The molecule has 0 aliphatic heterocycles. The van der Waals surface area contributed by atoms with Crippen LogP contribution in [0.3, 0.4) is 0 Å². The summed E-state index contributed by atoms with van der Waals surface area (Å²) in [6, 6.07) is 13.8. The largest absolute Gasteiger partial charge is 0.368 e. The number of likely N-dealkylation sites (N-methyl/N-ethyl adjacent to an activating group) is 1. The SMILES string of the molecule is Cc1ccccc1Nc1nc(N)nc(CN(C)CC(=O)Nc2c(C)cccc2C)n1. The van der Waals surface area contributed by atoms with Crippen LogP contribution in [0.4, 0.5) is 23.3 Å². The zero-order valence-corrected chi connectivity index (χ0v) is 17.7. The standard InChI is InChI=1S/C22H27N7O/c1-14-8-5-6-11-17(14)24-22-26-18(25-21(23)28-22)12-29(4)13-19(30)27-20-15(2)9-7-10-16(20)3/h5-11H,12-13H2,1-4H3,(H,27,30)(H3,23,24,25,26,28). The first kappa shape index (κ1) is 21.2. The number of rotatable bonds is 7. The van der Waals surface area contributed by atoms with Crippen molar-refractivity contribution in [3.05, 3.63) is 65.0 Å². The number of carbonyl (C=O) groups is 1. The maximum absolute atomic E-state index is 12.5. The topological polar surface area (TPSA) is 109 Å². The number of para-hydroxylation sites is 2. The molecule has 156 valence electrons. The predicted octanol–water partition coefficient (Wildman–Crippen LogP) is 3.19. The normalized spacial score (nSPS) is 10.8. The van der Waals surface area contributed by atoms with E-state index in [1.54, 1.807) is 0 Å². The summed E-state index contributed by atoms with van der Waals surface area (Å²) in [5, 5.41) is 6.16. The number of carbonyl (C=O) groups excluding carboxylic acids is 1. The Hall–Kier alpha value is -3.52. The lowest BCUT2D eigenvalue weighted by atomic mass is 10.1. The first-order valence-electron chi connectivity index (χ1n) is 9.69.